The lowest BCUT2D eigenvalue weighted by atomic mass is 9.86. The highest BCUT2D eigenvalue weighted by atomic mass is 35.5. The first-order chi connectivity index (χ1) is 13.3. The van der Waals surface area contributed by atoms with E-state index in [2.05, 4.69) is 10.3 Å². The molecule has 1 saturated carbocycles. The van der Waals surface area contributed by atoms with E-state index in [1.54, 1.807) is 12.1 Å². The van der Waals surface area contributed by atoms with E-state index in [1.165, 1.54) is 6.20 Å². The number of ketones is 1. The highest BCUT2D eigenvalue weighted by Crippen LogP contribution is 2.39. The van der Waals surface area contributed by atoms with Crippen molar-refractivity contribution in [2.24, 2.45) is 5.92 Å². The third-order valence-corrected chi connectivity index (χ3v) is 5.73. The summed E-state index contributed by atoms with van der Waals surface area (Å²) in [5.41, 5.74) is 4.33. The van der Waals surface area contributed by atoms with Crippen LogP contribution in [0.1, 0.15) is 51.5 Å². The lowest BCUT2D eigenvalue weighted by molar-refractivity contribution is -0.122. The zero-order valence-electron chi connectivity index (χ0n) is 16.3. The van der Waals surface area contributed by atoms with Gasteiger partial charge in [0, 0.05) is 18.7 Å². The number of benzene rings is 1. The van der Waals surface area contributed by atoms with E-state index in [0.29, 0.717) is 19.4 Å². The Hall–Kier alpha value is -2.24. The van der Waals surface area contributed by atoms with Crippen LogP contribution in [0.5, 0.6) is 0 Å². The molecule has 2 N–H and O–H groups in total. The number of hydrogen-bond acceptors (Lipinski definition) is 4. The molecular weight excluding hydrogens is 376 g/mol. The zero-order valence-corrected chi connectivity index (χ0v) is 17.1. The third-order valence-electron chi connectivity index (χ3n) is 5.42. The Bertz CT molecular complexity index is 889. The van der Waals surface area contributed by atoms with Gasteiger partial charge in [-0.25, -0.2) is 4.98 Å². The quantitative estimate of drug-likeness (QED) is 0.804. The van der Waals surface area contributed by atoms with Crippen molar-refractivity contribution in [2.45, 2.75) is 45.6 Å². The number of rotatable bonds is 5. The van der Waals surface area contributed by atoms with Gasteiger partial charge in [-0.1, -0.05) is 29.3 Å². The van der Waals surface area contributed by atoms with Crippen LogP contribution >= 0.6 is 11.6 Å². The maximum atomic E-state index is 13.0. The van der Waals surface area contributed by atoms with E-state index in [4.69, 9.17) is 11.6 Å². The predicted molar refractivity (Wildman–Crippen MR) is 109 cm³/mol. The summed E-state index contributed by atoms with van der Waals surface area (Å²) in [7, 11) is 0. The summed E-state index contributed by atoms with van der Waals surface area (Å²) in [6.07, 6.45) is 1.70. The van der Waals surface area contributed by atoms with Gasteiger partial charge in [0.1, 0.15) is 11.5 Å². The fourth-order valence-electron chi connectivity index (χ4n) is 4.26. The average molecular weight is 401 g/mol. The van der Waals surface area contributed by atoms with Crippen LogP contribution in [-0.2, 0) is 4.79 Å². The fraction of sp³-hybridized carbons (Fsp3) is 0.409. The minimum Gasteiger partial charge on any atom is -0.392 e. The smallest absolute Gasteiger partial charge is 0.271 e. The van der Waals surface area contributed by atoms with Crippen molar-refractivity contribution in [3.8, 4) is 0 Å². The Balaban J connectivity index is 1.65. The number of Topliss-reactive ketones (excluding diaryl/α,β-unsaturated/α-hetero) is 1. The summed E-state index contributed by atoms with van der Waals surface area (Å²) in [6, 6.07) is 7.36. The number of aliphatic hydroxyl groups is 1. The molecule has 1 amide bonds. The number of aliphatic hydroxyl groups excluding tert-OH is 1. The van der Waals surface area contributed by atoms with Gasteiger partial charge in [0.15, 0.2) is 0 Å². The SMILES string of the molecule is Cc1cc(C)c(C2C(=O)C(CCNC(=O)c3ncccc3Cl)CC2O)c(C)c1. The second-order valence-corrected chi connectivity index (χ2v) is 7.98. The first-order valence-corrected chi connectivity index (χ1v) is 9.85. The topological polar surface area (TPSA) is 79.3 Å². The normalized spacial score (nSPS) is 21.8. The number of halogens is 1. The average Bonchev–Trinajstić information content (AvgIpc) is 2.89. The summed E-state index contributed by atoms with van der Waals surface area (Å²) >= 11 is 5.98. The van der Waals surface area contributed by atoms with Gasteiger partial charge < -0.3 is 10.4 Å². The number of carbonyl (C=O) groups is 2. The van der Waals surface area contributed by atoms with Crippen molar-refractivity contribution in [1.82, 2.24) is 10.3 Å². The molecule has 1 aromatic heterocycles. The van der Waals surface area contributed by atoms with Gasteiger partial charge in [-0.2, -0.15) is 0 Å². The van der Waals surface area contributed by atoms with E-state index < -0.39 is 12.0 Å². The molecule has 28 heavy (non-hydrogen) atoms. The zero-order chi connectivity index (χ0) is 20.4. The van der Waals surface area contributed by atoms with E-state index in [1.807, 2.05) is 32.9 Å². The van der Waals surface area contributed by atoms with Gasteiger partial charge >= 0.3 is 0 Å². The lowest BCUT2D eigenvalue weighted by Gasteiger charge is -2.19. The van der Waals surface area contributed by atoms with E-state index in [0.717, 1.165) is 22.3 Å². The van der Waals surface area contributed by atoms with Crippen LogP contribution in [0.2, 0.25) is 5.02 Å². The van der Waals surface area contributed by atoms with Gasteiger partial charge in [0.2, 0.25) is 0 Å². The summed E-state index contributed by atoms with van der Waals surface area (Å²) < 4.78 is 0. The minimum absolute atomic E-state index is 0.0488. The molecule has 1 aliphatic carbocycles. The van der Waals surface area contributed by atoms with E-state index >= 15 is 0 Å². The van der Waals surface area contributed by atoms with Gasteiger partial charge in [-0.3, -0.25) is 9.59 Å². The van der Waals surface area contributed by atoms with Crippen LogP contribution in [0.25, 0.3) is 0 Å². The van der Waals surface area contributed by atoms with Crippen molar-refractivity contribution in [2.75, 3.05) is 6.54 Å². The molecule has 3 unspecified atom stereocenters. The molecule has 1 aromatic carbocycles. The third kappa shape index (κ3) is 4.10. The number of hydrogen-bond donors (Lipinski definition) is 2. The second kappa shape index (κ2) is 8.41. The fourth-order valence-corrected chi connectivity index (χ4v) is 4.47. The van der Waals surface area contributed by atoms with Gasteiger partial charge in [-0.15, -0.1) is 0 Å². The largest absolute Gasteiger partial charge is 0.392 e. The highest BCUT2D eigenvalue weighted by Gasteiger charge is 2.42. The molecule has 5 nitrogen and oxygen atoms in total. The second-order valence-electron chi connectivity index (χ2n) is 7.57. The van der Waals surface area contributed by atoms with Crippen molar-refractivity contribution in [1.29, 1.82) is 0 Å². The molecular formula is C22H25ClN2O3. The molecule has 1 fully saturated rings. The summed E-state index contributed by atoms with van der Waals surface area (Å²) in [5, 5.41) is 13.6. The Labute approximate surface area is 170 Å². The maximum absolute atomic E-state index is 13.0. The monoisotopic (exact) mass is 400 g/mol. The highest BCUT2D eigenvalue weighted by molar-refractivity contribution is 6.33. The molecule has 2 aromatic rings. The molecule has 148 valence electrons. The number of nitrogens with zero attached hydrogens (tertiary/aromatic N) is 1. The van der Waals surface area contributed by atoms with Crippen molar-refractivity contribution < 1.29 is 14.7 Å². The van der Waals surface area contributed by atoms with Crippen LogP contribution in [0, 0.1) is 26.7 Å². The summed E-state index contributed by atoms with van der Waals surface area (Å²) in [6.45, 7) is 6.32. The standard InChI is InChI=1S/C22H25ClN2O3/c1-12-9-13(2)18(14(3)10-12)19-17(26)11-15(21(19)27)6-8-25-22(28)20-16(23)5-4-7-24-20/h4-5,7,9-10,15,17,19,26H,6,8,11H2,1-3H3,(H,25,28). The Morgan fingerprint density at radius 3 is 2.61 bits per heavy atom. The first kappa shape index (κ1) is 20.5. The number of amides is 1. The Morgan fingerprint density at radius 1 is 1.29 bits per heavy atom. The maximum Gasteiger partial charge on any atom is 0.271 e. The Kier molecular flexibility index (Phi) is 6.16. The van der Waals surface area contributed by atoms with Gasteiger partial charge in [0.05, 0.1) is 17.0 Å². The van der Waals surface area contributed by atoms with Crippen LogP contribution in [0.15, 0.2) is 30.5 Å². The molecule has 0 radical (unpaired) electrons. The van der Waals surface area contributed by atoms with Crippen molar-refractivity contribution in [3.63, 3.8) is 0 Å². The predicted octanol–water partition coefficient (Wildman–Crippen LogP) is 3.51. The number of aryl methyl sites for hydroxylation is 3. The van der Waals surface area contributed by atoms with Crippen molar-refractivity contribution >= 4 is 23.3 Å². The van der Waals surface area contributed by atoms with Crippen LogP contribution in [0.3, 0.4) is 0 Å². The molecule has 1 aliphatic rings. The van der Waals surface area contributed by atoms with Crippen LogP contribution < -0.4 is 5.32 Å². The summed E-state index contributed by atoms with van der Waals surface area (Å²) in [5.74, 6) is -1.09. The molecule has 3 atom stereocenters. The Morgan fingerprint density at radius 2 is 1.96 bits per heavy atom. The minimum atomic E-state index is -0.696. The molecule has 0 aliphatic heterocycles. The van der Waals surface area contributed by atoms with Crippen LogP contribution in [0.4, 0.5) is 0 Å². The number of carbonyl (C=O) groups excluding carboxylic acids is 2. The molecule has 0 bridgehead atoms. The number of nitrogens with one attached hydrogen (secondary N) is 1. The van der Waals surface area contributed by atoms with Crippen molar-refractivity contribution in [3.05, 3.63) is 63.4 Å². The molecule has 0 spiro atoms. The molecule has 6 heteroatoms. The molecule has 3 rings (SSSR count). The van der Waals surface area contributed by atoms with Gasteiger partial charge in [0.25, 0.3) is 5.91 Å². The molecule has 1 heterocycles. The first-order valence-electron chi connectivity index (χ1n) is 9.47. The lowest BCUT2D eigenvalue weighted by Crippen LogP contribution is -2.28. The number of aromatic nitrogens is 1. The van der Waals surface area contributed by atoms with E-state index in [9.17, 15) is 14.7 Å². The molecule has 0 saturated heterocycles. The van der Waals surface area contributed by atoms with E-state index in [-0.39, 0.29) is 28.3 Å². The summed E-state index contributed by atoms with van der Waals surface area (Å²) in [4.78, 5) is 29.2. The number of pyridine rings is 1. The van der Waals surface area contributed by atoms with Crippen LogP contribution in [-0.4, -0.2) is 34.4 Å². The van der Waals surface area contributed by atoms with Gasteiger partial charge in [-0.05, 0) is 62.4 Å².